The van der Waals surface area contributed by atoms with E-state index in [2.05, 4.69) is 394 Å². The summed E-state index contributed by atoms with van der Waals surface area (Å²) in [6.45, 7) is 0. The van der Waals surface area contributed by atoms with E-state index in [1.165, 1.54) is 192 Å². The fraction of sp³-hybridized carbons (Fsp3) is 0. The molecule has 0 saturated heterocycles. The Hall–Kier alpha value is -16.2. The Morgan fingerprint density at radius 2 is 0.523 bits per heavy atom. The van der Waals surface area contributed by atoms with Crippen LogP contribution in [0.15, 0.2) is 477 Å². The van der Waals surface area contributed by atoms with E-state index in [-0.39, 0.29) is 29.7 Å². The lowest BCUT2D eigenvalue weighted by molar-refractivity contribution is 0.669. The molecule has 614 valence electrons. The van der Waals surface area contributed by atoms with Crippen molar-refractivity contribution in [3.05, 3.63) is 473 Å². The summed E-state index contributed by atoms with van der Waals surface area (Å²) in [6, 6.07) is 158. The fourth-order valence-corrected chi connectivity index (χ4v) is 24.9. The van der Waals surface area contributed by atoms with Gasteiger partial charge in [0, 0.05) is 71.3 Å². The largest absolute Gasteiger partial charge is 0.456 e. The lowest BCUT2D eigenvalue weighted by Crippen LogP contribution is -1.92. The van der Waals surface area contributed by atoms with Gasteiger partial charge in [0.25, 0.3) is 0 Å². The second kappa shape index (κ2) is 31.9. The Morgan fingerprint density at radius 1 is 0.167 bits per heavy atom. The van der Waals surface area contributed by atoms with Crippen molar-refractivity contribution in [2.75, 3.05) is 0 Å². The summed E-state index contributed by atoms with van der Waals surface area (Å²) in [7, 11) is 0. The Morgan fingerprint density at radius 3 is 1.02 bits per heavy atom. The van der Waals surface area contributed by atoms with Gasteiger partial charge in [-0.3, -0.25) is 0 Å². The van der Waals surface area contributed by atoms with Crippen LogP contribution in [0.25, 0.3) is 269 Å². The molecule has 0 saturated carbocycles. The van der Waals surface area contributed by atoms with Crippen molar-refractivity contribution in [1.29, 1.82) is 0 Å². The lowest BCUT2D eigenvalue weighted by atomic mass is 9.84. The number of furan rings is 1. The predicted molar refractivity (Wildman–Crippen MR) is 574 cm³/mol. The van der Waals surface area contributed by atoms with E-state index in [4.69, 9.17) is 11.3 Å². The zero-order valence-electron chi connectivity index (χ0n) is 76.3. The van der Waals surface area contributed by atoms with Gasteiger partial charge in [-0.15, -0.1) is 34.0 Å². The second-order valence-corrected chi connectivity index (χ2v) is 37.3. The van der Waals surface area contributed by atoms with Gasteiger partial charge in [0.1, 0.15) is 11.2 Å². The molecule has 0 amide bonds. The Bertz CT molecular complexity index is 9690. The third-order valence-electron chi connectivity index (χ3n) is 26.9. The van der Waals surface area contributed by atoms with Crippen molar-refractivity contribution < 1.29 is 11.3 Å². The SMILES string of the molecule is [2H]c1c([2H])c([2H])c(-c2c3ccccc3c(-c3cc(-c4cccc5ccccc45)cc4sc5ccccc5c34)c3ccccc23)c([2H])c1[2H].c1ccc(-c2c3ccccc3c(-c3ccc(-c4ccc5ccccc5c4)c4sc5ccccc5c34)c3ccccc23)cc1.c1ccc(-c2c3ccccc3c(-c3ccc(-c4ccc5oc6ccccc6c5c4)c4sc5ccccc5c34)c3ccccc23)cc1. The molecule has 0 spiro atoms. The molecule has 0 radical (unpaired) electrons. The van der Waals surface area contributed by atoms with Crippen LogP contribution in [0.1, 0.15) is 6.85 Å². The first-order chi connectivity index (χ1) is 67.6. The highest BCUT2D eigenvalue weighted by molar-refractivity contribution is 7.27. The van der Waals surface area contributed by atoms with Crippen molar-refractivity contribution >= 4 is 203 Å². The van der Waals surface area contributed by atoms with Gasteiger partial charge in [-0.25, -0.2) is 0 Å². The van der Waals surface area contributed by atoms with Gasteiger partial charge in [-0.2, -0.15) is 0 Å². The highest BCUT2D eigenvalue weighted by atomic mass is 32.1. The quantitative estimate of drug-likeness (QED) is 0.131. The fourth-order valence-electron chi connectivity index (χ4n) is 21.2. The molecule has 0 unspecified atom stereocenters. The molecule has 4 aromatic heterocycles. The third kappa shape index (κ3) is 12.7. The smallest absolute Gasteiger partial charge is 0.135 e. The predicted octanol–water partition coefficient (Wildman–Crippen LogP) is 38.3. The minimum atomic E-state index is -0.393. The summed E-state index contributed by atoms with van der Waals surface area (Å²) in [5, 5.41) is 28.7. The van der Waals surface area contributed by atoms with Gasteiger partial charge in [0.05, 0.1) is 6.85 Å². The first kappa shape index (κ1) is 71.8. The van der Waals surface area contributed by atoms with Crippen LogP contribution in [-0.2, 0) is 0 Å². The highest BCUT2D eigenvalue weighted by Crippen LogP contribution is 2.56. The van der Waals surface area contributed by atoms with Crippen LogP contribution >= 0.6 is 34.0 Å². The maximum Gasteiger partial charge on any atom is 0.135 e. The second-order valence-electron chi connectivity index (χ2n) is 34.1. The number of para-hydroxylation sites is 1. The molecule has 28 aromatic rings. The summed E-state index contributed by atoms with van der Waals surface area (Å²) in [4.78, 5) is 0. The van der Waals surface area contributed by atoms with Crippen LogP contribution in [0.2, 0.25) is 0 Å². The Balaban J connectivity index is 0.000000107. The van der Waals surface area contributed by atoms with E-state index in [1.54, 1.807) is 11.3 Å². The van der Waals surface area contributed by atoms with Crippen molar-refractivity contribution in [3.8, 4) is 100 Å². The maximum absolute atomic E-state index is 8.94. The number of rotatable bonds is 9. The number of hydrogen-bond donors (Lipinski definition) is 0. The van der Waals surface area contributed by atoms with Crippen molar-refractivity contribution in [3.63, 3.8) is 0 Å². The Kier molecular flexibility index (Phi) is 17.4. The summed E-state index contributed by atoms with van der Waals surface area (Å²) in [6.07, 6.45) is 0. The molecule has 0 N–H and O–H groups in total. The standard InChI is InChI=1S/C44H26OS.2C42H26S/c1-2-12-27(13-3-1)41-31-15-4-6-17-33(31)42(34-18-7-5-16-32(34)41)36-24-23-29(44-43(36)35-19-9-11-21-40(35)46-44)28-22-25-39-37(26-28)30-14-8-10-20-38(30)45-39;1-2-14-28(15-3-1)40-32-18-6-8-20-34(32)41(35-21-9-7-19-33(35)40)37-25-29(31-23-12-16-27-13-4-5-17-30(27)31)26-39-42(37)36-22-10-11-24-38(36)43-39;1-2-13-28(14-3-1)39-32-16-6-8-18-34(32)40(35-19-9-7-17-33(35)39)37-25-24-31(30-23-22-27-12-4-5-15-29(27)26-30)42-41(37)36-20-10-11-21-38(36)43-42/h1-26H;2*1-26H/i;1D,2D,3D,14D,15D;. The van der Waals surface area contributed by atoms with Gasteiger partial charge in [-0.05, 0) is 241 Å². The molecule has 4 heterocycles. The minimum absolute atomic E-state index is 0.201. The summed E-state index contributed by atoms with van der Waals surface area (Å²) < 4.78 is 57.0. The van der Waals surface area contributed by atoms with Crippen LogP contribution in [0.4, 0.5) is 0 Å². The third-order valence-corrected chi connectivity index (χ3v) is 30.4. The van der Waals surface area contributed by atoms with Gasteiger partial charge >= 0.3 is 0 Å². The number of thiophene rings is 3. The number of hydrogen-bond acceptors (Lipinski definition) is 4. The van der Waals surface area contributed by atoms with Crippen LogP contribution in [0.3, 0.4) is 0 Å². The van der Waals surface area contributed by atoms with E-state index in [1.807, 2.05) is 71.2 Å². The maximum atomic E-state index is 8.94. The van der Waals surface area contributed by atoms with Gasteiger partial charge in [0.2, 0.25) is 0 Å². The van der Waals surface area contributed by atoms with Crippen LogP contribution in [-0.4, -0.2) is 0 Å². The molecule has 0 fully saturated rings. The van der Waals surface area contributed by atoms with Crippen LogP contribution in [0, 0.1) is 0 Å². The molecule has 1 nitrogen and oxygen atoms in total. The molecule has 0 aliphatic heterocycles. The van der Waals surface area contributed by atoms with E-state index >= 15 is 0 Å². The highest BCUT2D eigenvalue weighted by Gasteiger charge is 2.27. The average Bonchev–Trinajstić information content (AvgIpc) is 1.61. The molecular formula is C128H78OS3. The van der Waals surface area contributed by atoms with E-state index < -0.39 is 6.04 Å². The minimum Gasteiger partial charge on any atom is -0.456 e. The monoisotopic (exact) mass is 1730 g/mol. The van der Waals surface area contributed by atoms with Crippen molar-refractivity contribution in [2.45, 2.75) is 0 Å². The van der Waals surface area contributed by atoms with Crippen molar-refractivity contribution in [1.82, 2.24) is 0 Å². The molecule has 24 aromatic carbocycles. The zero-order chi connectivity index (χ0) is 91.2. The van der Waals surface area contributed by atoms with E-state index in [0.29, 0.717) is 5.56 Å². The molecule has 132 heavy (non-hydrogen) atoms. The molecular weight excluding hydrogens is 1650 g/mol. The number of benzene rings is 24. The molecule has 0 aliphatic rings. The summed E-state index contributed by atoms with van der Waals surface area (Å²) >= 11 is 5.59. The van der Waals surface area contributed by atoms with Gasteiger partial charge in [-0.1, -0.05) is 418 Å². The molecule has 0 aliphatic carbocycles. The first-order valence-electron chi connectivity index (χ1n) is 47.3. The average molecular weight is 1730 g/mol. The molecule has 0 bridgehead atoms. The molecule has 4 heteroatoms. The summed E-state index contributed by atoms with van der Waals surface area (Å²) in [5.74, 6) is 0. The van der Waals surface area contributed by atoms with Gasteiger partial charge in [0.15, 0.2) is 0 Å². The normalized spacial score (nSPS) is 12.3. The number of fused-ring (bicyclic) bond motifs is 20. The summed E-state index contributed by atoms with van der Waals surface area (Å²) in [5.41, 5.74) is 22.4. The molecule has 0 atom stereocenters. The van der Waals surface area contributed by atoms with E-state index in [0.717, 1.165) is 65.7 Å². The zero-order valence-corrected chi connectivity index (χ0v) is 73.7. The van der Waals surface area contributed by atoms with Crippen molar-refractivity contribution in [2.24, 2.45) is 0 Å². The first-order valence-corrected chi connectivity index (χ1v) is 47.3. The Labute approximate surface area is 781 Å². The van der Waals surface area contributed by atoms with Gasteiger partial charge < -0.3 is 4.42 Å². The topological polar surface area (TPSA) is 13.1 Å². The molecule has 28 rings (SSSR count). The lowest BCUT2D eigenvalue weighted by Gasteiger charge is -2.19. The van der Waals surface area contributed by atoms with E-state index in [9.17, 15) is 0 Å². The van der Waals surface area contributed by atoms with Crippen LogP contribution < -0.4 is 0 Å². The van der Waals surface area contributed by atoms with Crippen LogP contribution in [0.5, 0.6) is 0 Å².